The molecule has 0 aliphatic heterocycles. The van der Waals surface area contributed by atoms with Crippen LogP contribution in [0.5, 0.6) is 0 Å². The molecule has 8 nitrogen and oxygen atoms in total. The fraction of sp³-hybridized carbons (Fsp3) is 0.983. The van der Waals surface area contributed by atoms with Crippen LogP contribution in [-0.2, 0) is 27.9 Å². The molecule has 0 aliphatic rings. The zero-order valence-electron chi connectivity index (χ0n) is 47.3. The quantitative estimate of drug-likeness (QED) is 0.0259. The van der Waals surface area contributed by atoms with Gasteiger partial charge in [-0.05, 0) is 12.8 Å². The Kier molecular flexibility index (Phi) is 53.4. The largest absolute Gasteiger partial charge is 0.756 e. The van der Waals surface area contributed by atoms with Crippen LogP contribution < -0.4 is 4.89 Å². The molecule has 414 valence electrons. The Morgan fingerprint density at radius 2 is 0.667 bits per heavy atom. The first-order valence-electron chi connectivity index (χ1n) is 30.8. The minimum Gasteiger partial charge on any atom is -0.756 e. The number of esters is 1. The first-order valence-corrected chi connectivity index (χ1v) is 32.2. The summed E-state index contributed by atoms with van der Waals surface area (Å²) in [5, 5.41) is 0. The number of carbonyl (C=O) groups is 1. The third-order valence-corrected chi connectivity index (χ3v) is 15.1. The molecule has 9 heteroatoms. The molecule has 0 aromatic rings. The number of hydrogen-bond donors (Lipinski definition) is 0. The molecular weight excluding hydrogens is 878 g/mol. The van der Waals surface area contributed by atoms with Gasteiger partial charge in [0, 0.05) is 13.0 Å². The highest BCUT2D eigenvalue weighted by Gasteiger charge is 2.20. The Morgan fingerprint density at radius 3 is 0.957 bits per heavy atom. The van der Waals surface area contributed by atoms with Gasteiger partial charge in [0.2, 0.25) is 0 Å². The second-order valence-electron chi connectivity index (χ2n) is 22.4. The highest BCUT2D eigenvalue weighted by Crippen LogP contribution is 2.38. The molecule has 0 N–H and O–H groups in total. The van der Waals surface area contributed by atoms with Crippen LogP contribution in [0.2, 0.25) is 0 Å². The minimum absolute atomic E-state index is 0.0317. The first kappa shape index (κ1) is 68.5. The van der Waals surface area contributed by atoms with Gasteiger partial charge in [0.15, 0.2) is 0 Å². The average Bonchev–Trinajstić information content (AvgIpc) is 3.31. The standard InChI is InChI=1S/C60H122NO7P/c1-6-8-10-12-14-16-18-20-21-22-23-24-25-26-27-28-29-30-31-32-33-34-35-36-37-38-39-40-41-42-43-45-47-49-51-53-60(62)68-59(58-67-69(63,64)66-56-54-61(3,4)5)57-65-55-52-50-48-46-44-19-17-15-13-11-9-7-2/h59H,6-58H2,1-5H3/t59-/m1/s1. The summed E-state index contributed by atoms with van der Waals surface area (Å²) in [6, 6.07) is 0. The van der Waals surface area contributed by atoms with E-state index in [2.05, 4.69) is 13.8 Å². The highest BCUT2D eigenvalue weighted by atomic mass is 31.2. The summed E-state index contributed by atoms with van der Waals surface area (Å²) in [7, 11) is 1.38. The van der Waals surface area contributed by atoms with E-state index in [0.717, 1.165) is 32.1 Å². The van der Waals surface area contributed by atoms with E-state index in [1.165, 1.54) is 270 Å². The van der Waals surface area contributed by atoms with Crippen molar-refractivity contribution in [2.24, 2.45) is 0 Å². The molecule has 0 saturated carbocycles. The number of ether oxygens (including phenoxy) is 2. The molecule has 0 aromatic heterocycles. The smallest absolute Gasteiger partial charge is 0.306 e. The van der Waals surface area contributed by atoms with Crippen LogP contribution in [0.1, 0.15) is 322 Å². The SMILES string of the molecule is CCCCCCCCCCCCCCCCCCCCCCCCCCCCCCCCCCCCCC(=O)O[C@H](COCCCCCCCCCCCCCC)COP(=O)([O-])OCC[N+](C)(C)C. The number of carbonyl (C=O) groups excluding carboxylic acids is 1. The summed E-state index contributed by atoms with van der Waals surface area (Å²) in [6.45, 7) is 5.49. The molecule has 0 aliphatic carbocycles. The Balaban J connectivity index is 3.78. The molecule has 0 aromatic carbocycles. The second-order valence-corrected chi connectivity index (χ2v) is 23.8. The number of nitrogens with zero attached hydrogens (tertiary/aromatic N) is 1. The van der Waals surface area contributed by atoms with Crippen molar-refractivity contribution in [2.75, 3.05) is 54.1 Å². The maximum Gasteiger partial charge on any atom is 0.306 e. The van der Waals surface area contributed by atoms with Crippen LogP contribution in [0.15, 0.2) is 0 Å². The van der Waals surface area contributed by atoms with E-state index >= 15 is 0 Å². The van der Waals surface area contributed by atoms with E-state index in [0.29, 0.717) is 24.1 Å². The fourth-order valence-electron chi connectivity index (χ4n) is 9.44. The van der Waals surface area contributed by atoms with Crippen LogP contribution in [0, 0.1) is 0 Å². The zero-order chi connectivity index (χ0) is 50.5. The molecule has 2 atom stereocenters. The first-order chi connectivity index (χ1) is 33.6. The minimum atomic E-state index is -4.52. The molecule has 69 heavy (non-hydrogen) atoms. The van der Waals surface area contributed by atoms with E-state index < -0.39 is 13.9 Å². The van der Waals surface area contributed by atoms with Gasteiger partial charge >= 0.3 is 5.97 Å². The monoisotopic (exact) mass is 1000 g/mol. The Bertz CT molecular complexity index is 1070. The number of hydrogen-bond acceptors (Lipinski definition) is 7. The van der Waals surface area contributed by atoms with Crippen molar-refractivity contribution in [1.29, 1.82) is 0 Å². The molecule has 0 heterocycles. The molecule has 0 radical (unpaired) electrons. The van der Waals surface area contributed by atoms with Gasteiger partial charge in [-0.1, -0.05) is 303 Å². The molecule has 0 saturated heterocycles. The number of quaternary nitrogens is 1. The second kappa shape index (κ2) is 53.8. The summed E-state index contributed by atoms with van der Waals surface area (Å²) in [5.74, 6) is -0.324. The molecule has 1 unspecified atom stereocenters. The van der Waals surface area contributed by atoms with Crippen molar-refractivity contribution < 1.29 is 37.3 Å². The van der Waals surface area contributed by atoms with Crippen LogP contribution in [0.3, 0.4) is 0 Å². The lowest BCUT2D eigenvalue weighted by Crippen LogP contribution is -2.37. The maximum atomic E-state index is 12.8. The summed E-state index contributed by atoms with van der Waals surface area (Å²) < 4.78 is 34.8. The Labute approximate surface area is 431 Å². The summed E-state index contributed by atoms with van der Waals surface area (Å²) in [6.07, 6.45) is 63.3. The number of unbranched alkanes of at least 4 members (excludes halogenated alkanes) is 45. The highest BCUT2D eigenvalue weighted by molar-refractivity contribution is 7.45. The van der Waals surface area contributed by atoms with Gasteiger partial charge < -0.3 is 27.9 Å². The predicted octanol–water partition coefficient (Wildman–Crippen LogP) is 18.9. The molecule has 0 spiro atoms. The number of phosphoric ester groups is 1. The van der Waals surface area contributed by atoms with Crippen molar-refractivity contribution in [3.05, 3.63) is 0 Å². The summed E-state index contributed by atoms with van der Waals surface area (Å²) in [5.41, 5.74) is 0. The zero-order valence-corrected chi connectivity index (χ0v) is 48.2. The number of phosphoric acid groups is 1. The van der Waals surface area contributed by atoms with E-state index in [1.54, 1.807) is 0 Å². The lowest BCUT2D eigenvalue weighted by Gasteiger charge is -2.28. The van der Waals surface area contributed by atoms with Crippen LogP contribution >= 0.6 is 7.82 Å². The van der Waals surface area contributed by atoms with Gasteiger partial charge in [-0.3, -0.25) is 9.36 Å². The van der Waals surface area contributed by atoms with Crippen molar-refractivity contribution in [3.8, 4) is 0 Å². The van der Waals surface area contributed by atoms with Crippen LogP contribution in [-0.4, -0.2) is 70.7 Å². The molecular formula is C60H122NO7P. The van der Waals surface area contributed by atoms with E-state index in [9.17, 15) is 14.3 Å². The maximum absolute atomic E-state index is 12.8. The van der Waals surface area contributed by atoms with Crippen molar-refractivity contribution in [3.63, 3.8) is 0 Å². The van der Waals surface area contributed by atoms with E-state index in [1.807, 2.05) is 21.1 Å². The summed E-state index contributed by atoms with van der Waals surface area (Å²) >= 11 is 0. The van der Waals surface area contributed by atoms with Crippen molar-refractivity contribution in [2.45, 2.75) is 328 Å². The van der Waals surface area contributed by atoms with Gasteiger partial charge in [-0.15, -0.1) is 0 Å². The third kappa shape index (κ3) is 58.3. The van der Waals surface area contributed by atoms with Crippen LogP contribution in [0.4, 0.5) is 0 Å². The third-order valence-electron chi connectivity index (χ3n) is 14.2. The average molecular weight is 1000 g/mol. The van der Waals surface area contributed by atoms with Crippen LogP contribution in [0.25, 0.3) is 0 Å². The van der Waals surface area contributed by atoms with Crippen molar-refractivity contribution >= 4 is 13.8 Å². The van der Waals surface area contributed by atoms with E-state index in [-0.39, 0.29) is 25.8 Å². The van der Waals surface area contributed by atoms with Crippen molar-refractivity contribution in [1.82, 2.24) is 0 Å². The predicted molar refractivity (Wildman–Crippen MR) is 296 cm³/mol. The van der Waals surface area contributed by atoms with E-state index in [4.69, 9.17) is 18.5 Å². The van der Waals surface area contributed by atoms with Gasteiger partial charge in [0.05, 0.1) is 34.4 Å². The number of likely N-dealkylation sites (N-methyl/N-ethyl adjacent to an activating group) is 1. The Hall–Kier alpha value is -0.500. The number of rotatable bonds is 59. The Morgan fingerprint density at radius 1 is 0.391 bits per heavy atom. The molecule has 0 fully saturated rings. The summed E-state index contributed by atoms with van der Waals surface area (Å²) in [4.78, 5) is 25.2. The molecule has 0 rings (SSSR count). The lowest BCUT2D eigenvalue weighted by atomic mass is 10.0. The topological polar surface area (TPSA) is 94.1 Å². The van der Waals surface area contributed by atoms with Gasteiger partial charge in [-0.25, -0.2) is 0 Å². The fourth-order valence-corrected chi connectivity index (χ4v) is 10.2. The van der Waals surface area contributed by atoms with Gasteiger partial charge in [0.1, 0.15) is 19.3 Å². The lowest BCUT2D eigenvalue weighted by molar-refractivity contribution is -0.870. The normalized spacial score (nSPS) is 13.3. The molecule has 0 bridgehead atoms. The van der Waals surface area contributed by atoms with Gasteiger partial charge in [0.25, 0.3) is 7.82 Å². The van der Waals surface area contributed by atoms with Gasteiger partial charge in [-0.2, -0.15) is 0 Å². The molecule has 0 amide bonds.